The van der Waals surface area contributed by atoms with Crippen LogP contribution in [-0.4, -0.2) is 16.2 Å². The van der Waals surface area contributed by atoms with E-state index in [1.54, 1.807) is 18.5 Å². The maximum Gasteiger partial charge on any atom is 0.162 e. The molecule has 1 aromatic carbocycles. The van der Waals surface area contributed by atoms with Crippen LogP contribution in [-0.2, 0) is 12.8 Å². The van der Waals surface area contributed by atoms with Gasteiger partial charge in [-0.15, -0.1) is 0 Å². The Labute approximate surface area is 104 Å². The summed E-state index contributed by atoms with van der Waals surface area (Å²) >= 11 is 0. The van der Waals surface area contributed by atoms with Gasteiger partial charge in [0.25, 0.3) is 0 Å². The Balaban J connectivity index is 2.03. The highest BCUT2D eigenvalue weighted by molar-refractivity contribution is 5.20. The van der Waals surface area contributed by atoms with Gasteiger partial charge in [0.15, 0.2) is 11.6 Å². The molecular weight excluding hydrogens is 236 g/mol. The Morgan fingerprint density at radius 2 is 1.94 bits per heavy atom. The molecule has 0 aliphatic heterocycles. The third-order valence-corrected chi connectivity index (χ3v) is 2.68. The lowest BCUT2D eigenvalue weighted by atomic mass is 10.0. The minimum absolute atomic E-state index is 0.0818. The van der Waals surface area contributed by atoms with Crippen molar-refractivity contribution in [2.75, 3.05) is 0 Å². The van der Waals surface area contributed by atoms with Crippen LogP contribution < -0.4 is 0 Å². The summed E-state index contributed by atoms with van der Waals surface area (Å²) in [7, 11) is 0. The molecule has 0 amide bonds. The Bertz CT molecular complexity index is 516. The molecule has 1 atom stereocenters. The Hall–Kier alpha value is -1.81. The van der Waals surface area contributed by atoms with E-state index in [0.29, 0.717) is 6.42 Å². The van der Waals surface area contributed by atoms with Gasteiger partial charge in [0, 0.05) is 25.2 Å². The van der Waals surface area contributed by atoms with Crippen LogP contribution in [0.1, 0.15) is 11.1 Å². The minimum Gasteiger partial charge on any atom is -0.392 e. The molecule has 2 nitrogen and oxygen atoms in total. The zero-order valence-electron chi connectivity index (χ0n) is 9.68. The van der Waals surface area contributed by atoms with Gasteiger partial charge in [-0.25, -0.2) is 8.78 Å². The van der Waals surface area contributed by atoms with E-state index >= 15 is 0 Å². The van der Waals surface area contributed by atoms with Gasteiger partial charge in [-0.2, -0.15) is 0 Å². The SMILES string of the molecule is OC(Cc1cccnc1)Cc1cccc(F)c1F. The van der Waals surface area contributed by atoms with Crippen molar-refractivity contribution in [3.8, 4) is 0 Å². The number of benzene rings is 1. The molecular formula is C14H13F2NO. The van der Waals surface area contributed by atoms with Crippen LogP contribution in [0.3, 0.4) is 0 Å². The number of aliphatic hydroxyl groups is 1. The molecule has 94 valence electrons. The van der Waals surface area contributed by atoms with Crippen molar-refractivity contribution in [2.24, 2.45) is 0 Å². The van der Waals surface area contributed by atoms with E-state index in [9.17, 15) is 13.9 Å². The smallest absolute Gasteiger partial charge is 0.162 e. The lowest BCUT2D eigenvalue weighted by molar-refractivity contribution is 0.173. The predicted octanol–water partition coefficient (Wildman–Crippen LogP) is 2.51. The van der Waals surface area contributed by atoms with Gasteiger partial charge >= 0.3 is 0 Å². The molecule has 1 N–H and O–H groups in total. The summed E-state index contributed by atoms with van der Waals surface area (Å²) in [6.07, 6.45) is 2.97. The van der Waals surface area contributed by atoms with Crippen molar-refractivity contribution in [3.63, 3.8) is 0 Å². The number of hydrogen-bond donors (Lipinski definition) is 1. The van der Waals surface area contributed by atoms with Crippen LogP contribution in [0.2, 0.25) is 0 Å². The zero-order valence-corrected chi connectivity index (χ0v) is 9.68. The van der Waals surface area contributed by atoms with Crippen molar-refractivity contribution >= 4 is 0 Å². The van der Waals surface area contributed by atoms with E-state index in [1.807, 2.05) is 6.07 Å². The summed E-state index contributed by atoms with van der Waals surface area (Å²) in [6.45, 7) is 0. The summed E-state index contributed by atoms with van der Waals surface area (Å²) in [4.78, 5) is 3.93. The van der Waals surface area contributed by atoms with Crippen LogP contribution in [0.15, 0.2) is 42.7 Å². The molecule has 0 saturated heterocycles. The molecule has 0 bridgehead atoms. The average molecular weight is 249 g/mol. The van der Waals surface area contributed by atoms with Gasteiger partial charge in [-0.1, -0.05) is 18.2 Å². The number of rotatable bonds is 4. The standard InChI is InChI=1S/C14H13F2NO/c15-13-5-1-4-11(14(13)16)8-12(18)7-10-3-2-6-17-9-10/h1-6,9,12,18H,7-8H2. The molecule has 0 spiro atoms. The molecule has 2 aromatic rings. The fourth-order valence-corrected chi connectivity index (χ4v) is 1.82. The number of aromatic nitrogens is 1. The number of nitrogens with zero attached hydrogens (tertiary/aromatic N) is 1. The monoisotopic (exact) mass is 249 g/mol. The molecule has 1 heterocycles. The first kappa shape index (κ1) is 12.6. The molecule has 0 saturated carbocycles. The van der Waals surface area contributed by atoms with E-state index in [1.165, 1.54) is 12.1 Å². The van der Waals surface area contributed by atoms with Crippen LogP contribution in [0.25, 0.3) is 0 Å². The fraction of sp³-hybridized carbons (Fsp3) is 0.214. The second kappa shape index (κ2) is 5.69. The number of aliphatic hydroxyl groups excluding tert-OH is 1. The molecule has 0 radical (unpaired) electrons. The van der Waals surface area contributed by atoms with E-state index in [2.05, 4.69) is 4.98 Å². The highest BCUT2D eigenvalue weighted by Gasteiger charge is 2.12. The van der Waals surface area contributed by atoms with Gasteiger partial charge in [-0.05, 0) is 23.3 Å². The van der Waals surface area contributed by atoms with Crippen molar-refractivity contribution in [3.05, 3.63) is 65.5 Å². The molecule has 0 aliphatic carbocycles. The van der Waals surface area contributed by atoms with E-state index in [4.69, 9.17) is 0 Å². The molecule has 4 heteroatoms. The van der Waals surface area contributed by atoms with Crippen LogP contribution >= 0.6 is 0 Å². The third kappa shape index (κ3) is 3.11. The van der Waals surface area contributed by atoms with Crippen molar-refractivity contribution in [2.45, 2.75) is 18.9 Å². The zero-order chi connectivity index (χ0) is 13.0. The van der Waals surface area contributed by atoms with Gasteiger partial charge in [0.2, 0.25) is 0 Å². The van der Waals surface area contributed by atoms with Crippen molar-refractivity contribution in [1.29, 1.82) is 0 Å². The van der Waals surface area contributed by atoms with Gasteiger partial charge in [-0.3, -0.25) is 4.98 Å². The summed E-state index contributed by atoms with van der Waals surface area (Å²) in [5.41, 5.74) is 1.05. The second-order valence-corrected chi connectivity index (χ2v) is 4.14. The topological polar surface area (TPSA) is 33.1 Å². The second-order valence-electron chi connectivity index (χ2n) is 4.14. The quantitative estimate of drug-likeness (QED) is 0.903. The molecule has 0 fully saturated rings. The largest absolute Gasteiger partial charge is 0.392 e. The first-order valence-corrected chi connectivity index (χ1v) is 5.66. The molecule has 1 aromatic heterocycles. The number of halogens is 2. The Morgan fingerprint density at radius 3 is 2.67 bits per heavy atom. The molecule has 18 heavy (non-hydrogen) atoms. The third-order valence-electron chi connectivity index (χ3n) is 2.68. The summed E-state index contributed by atoms with van der Waals surface area (Å²) < 4.78 is 26.4. The first-order chi connectivity index (χ1) is 8.66. The Morgan fingerprint density at radius 1 is 1.11 bits per heavy atom. The highest BCUT2D eigenvalue weighted by Crippen LogP contribution is 2.14. The van der Waals surface area contributed by atoms with Gasteiger partial charge in [0.1, 0.15) is 0 Å². The van der Waals surface area contributed by atoms with Crippen molar-refractivity contribution in [1.82, 2.24) is 4.98 Å². The number of pyridine rings is 1. The maximum absolute atomic E-state index is 13.4. The molecule has 1 unspecified atom stereocenters. The Kier molecular flexibility index (Phi) is 3.99. The van der Waals surface area contributed by atoms with Gasteiger partial charge < -0.3 is 5.11 Å². The minimum atomic E-state index is -0.888. The molecule has 0 aliphatic rings. The predicted molar refractivity (Wildman–Crippen MR) is 64.0 cm³/mol. The maximum atomic E-state index is 13.4. The highest BCUT2D eigenvalue weighted by atomic mass is 19.2. The van der Waals surface area contributed by atoms with E-state index < -0.39 is 17.7 Å². The van der Waals surface area contributed by atoms with E-state index in [0.717, 1.165) is 11.6 Å². The summed E-state index contributed by atoms with van der Waals surface area (Å²) in [5.74, 6) is -1.77. The lowest BCUT2D eigenvalue weighted by Crippen LogP contribution is -2.15. The van der Waals surface area contributed by atoms with Gasteiger partial charge in [0.05, 0.1) is 6.10 Å². The van der Waals surface area contributed by atoms with Crippen LogP contribution in [0.4, 0.5) is 8.78 Å². The fourth-order valence-electron chi connectivity index (χ4n) is 1.82. The lowest BCUT2D eigenvalue weighted by Gasteiger charge is -2.11. The van der Waals surface area contributed by atoms with Crippen LogP contribution in [0, 0.1) is 11.6 Å². The van der Waals surface area contributed by atoms with E-state index in [-0.39, 0.29) is 12.0 Å². The average Bonchev–Trinajstić information content (AvgIpc) is 2.36. The normalized spacial score (nSPS) is 12.4. The first-order valence-electron chi connectivity index (χ1n) is 5.66. The number of hydrogen-bond acceptors (Lipinski definition) is 2. The van der Waals surface area contributed by atoms with Crippen molar-refractivity contribution < 1.29 is 13.9 Å². The summed E-state index contributed by atoms with van der Waals surface area (Å²) in [5, 5.41) is 9.85. The van der Waals surface area contributed by atoms with Crippen LogP contribution in [0.5, 0.6) is 0 Å². The summed E-state index contributed by atoms with van der Waals surface area (Å²) in [6, 6.07) is 7.57. The molecule has 2 rings (SSSR count).